The Bertz CT molecular complexity index is 949. The number of aryl methyl sites for hydroxylation is 3. The summed E-state index contributed by atoms with van der Waals surface area (Å²) in [6.07, 6.45) is 3.06. The third kappa shape index (κ3) is 3.88. The van der Waals surface area contributed by atoms with Crippen LogP contribution in [0.4, 0.5) is 17.3 Å². The van der Waals surface area contributed by atoms with Crippen LogP contribution >= 0.6 is 0 Å². The summed E-state index contributed by atoms with van der Waals surface area (Å²) >= 11 is 0. The van der Waals surface area contributed by atoms with E-state index in [9.17, 15) is 4.79 Å². The molecule has 0 saturated heterocycles. The average molecular weight is 346 g/mol. The number of anilines is 3. The zero-order valence-corrected chi connectivity index (χ0v) is 15.4. The molecule has 2 aromatic carbocycles. The summed E-state index contributed by atoms with van der Waals surface area (Å²) in [7, 11) is 0. The molecule has 0 radical (unpaired) electrons. The predicted octanol–water partition coefficient (Wildman–Crippen LogP) is 4.71. The Morgan fingerprint density at radius 3 is 2.35 bits per heavy atom. The van der Waals surface area contributed by atoms with E-state index in [4.69, 9.17) is 0 Å². The lowest BCUT2D eigenvalue weighted by Gasteiger charge is -2.11. The van der Waals surface area contributed by atoms with E-state index >= 15 is 0 Å². The normalized spacial score (nSPS) is 10.5. The van der Waals surface area contributed by atoms with Crippen molar-refractivity contribution in [3.63, 3.8) is 0 Å². The van der Waals surface area contributed by atoms with E-state index in [1.165, 1.54) is 12.4 Å². The lowest BCUT2D eigenvalue weighted by molar-refractivity contribution is 0.102. The highest BCUT2D eigenvalue weighted by Crippen LogP contribution is 2.20. The van der Waals surface area contributed by atoms with Crippen molar-refractivity contribution in [1.82, 2.24) is 9.97 Å². The van der Waals surface area contributed by atoms with Gasteiger partial charge in [0.05, 0.1) is 5.56 Å². The third-order valence-electron chi connectivity index (χ3n) is 4.41. The molecule has 26 heavy (non-hydrogen) atoms. The quantitative estimate of drug-likeness (QED) is 0.718. The molecular formula is C21H22N4O. The number of nitrogens with one attached hydrogen (secondary N) is 2. The van der Waals surface area contributed by atoms with Crippen LogP contribution in [0, 0.1) is 27.7 Å². The van der Waals surface area contributed by atoms with Crippen molar-refractivity contribution >= 4 is 23.2 Å². The van der Waals surface area contributed by atoms with Crippen molar-refractivity contribution in [2.75, 3.05) is 10.6 Å². The summed E-state index contributed by atoms with van der Waals surface area (Å²) in [4.78, 5) is 21.0. The fraction of sp³-hybridized carbons (Fsp3) is 0.190. The number of amides is 1. The SMILES string of the molecule is Cc1ccc(C)c(Nc2ncc(C(=O)Nc3cccc(C)c3C)cn2)c1. The van der Waals surface area contributed by atoms with Crippen LogP contribution in [0.3, 0.4) is 0 Å². The molecule has 0 bridgehead atoms. The maximum atomic E-state index is 12.4. The maximum Gasteiger partial charge on any atom is 0.258 e. The molecule has 1 amide bonds. The zero-order chi connectivity index (χ0) is 18.7. The highest BCUT2D eigenvalue weighted by atomic mass is 16.1. The highest BCUT2D eigenvalue weighted by molar-refractivity contribution is 6.04. The Hall–Kier alpha value is -3.21. The molecule has 5 heteroatoms. The second-order valence-electron chi connectivity index (χ2n) is 6.44. The first kappa shape index (κ1) is 17.6. The van der Waals surface area contributed by atoms with Gasteiger partial charge in [-0.2, -0.15) is 0 Å². The van der Waals surface area contributed by atoms with Gasteiger partial charge in [-0.15, -0.1) is 0 Å². The van der Waals surface area contributed by atoms with Gasteiger partial charge in [-0.05, 0) is 62.1 Å². The monoisotopic (exact) mass is 346 g/mol. The summed E-state index contributed by atoms with van der Waals surface area (Å²) in [6, 6.07) is 12.0. The first-order valence-corrected chi connectivity index (χ1v) is 8.48. The number of hydrogen-bond donors (Lipinski definition) is 2. The van der Waals surface area contributed by atoms with Crippen LogP contribution < -0.4 is 10.6 Å². The third-order valence-corrected chi connectivity index (χ3v) is 4.41. The lowest BCUT2D eigenvalue weighted by atomic mass is 10.1. The van der Waals surface area contributed by atoms with Gasteiger partial charge in [0.25, 0.3) is 5.91 Å². The van der Waals surface area contributed by atoms with Crippen molar-refractivity contribution in [3.8, 4) is 0 Å². The van der Waals surface area contributed by atoms with E-state index in [-0.39, 0.29) is 5.91 Å². The maximum absolute atomic E-state index is 12.4. The van der Waals surface area contributed by atoms with E-state index < -0.39 is 0 Å². The summed E-state index contributed by atoms with van der Waals surface area (Å²) < 4.78 is 0. The molecule has 0 unspecified atom stereocenters. The Balaban J connectivity index is 1.73. The molecular weight excluding hydrogens is 324 g/mol. The van der Waals surface area contributed by atoms with Crippen LogP contribution in [-0.2, 0) is 0 Å². The molecule has 3 rings (SSSR count). The predicted molar refractivity (Wildman–Crippen MR) is 105 cm³/mol. The van der Waals surface area contributed by atoms with Crippen molar-refractivity contribution in [2.45, 2.75) is 27.7 Å². The Morgan fingerprint density at radius 1 is 0.885 bits per heavy atom. The van der Waals surface area contributed by atoms with Crippen molar-refractivity contribution in [2.24, 2.45) is 0 Å². The van der Waals surface area contributed by atoms with E-state index in [2.05, 4.69) is 26.7 Å². The molecule has 0 saturated carbocycles. The molecule has 0 aliphatic rings. The minimum absolute atomic E-state index is 0.225. The fourth-order valence-electron chi connectivity index (χ4n) is 2.58. The Kier molecular flexibility index (Phi) is 4.98. The van der Waals surface area contributed by atoms with Crippen molar-refractivity contribution in [3.05, 3.63) is 76.6 Å². The molecule has 0 aliphatic carbocycles. The number of hydrogen-bond acceptors (Lipinski definition) is 4. The Labute approximate surface area is 153 Å². The molecule has 3 aromatic rings. The van der Waals surface area contributed by atoms with Crippen LogP contribution in [0.1, 0.15) is 32.6 Å². The van der Waals surface area contributed by atoms with E-state index in [1.807, 2.05) is 58.0 Å². The second-order valence-corrected chi connectivity index (χ2v) is 6.44. The molecule has 132 valence electrons. The summed E-state index contributed by atoms with van der Waals surface area (Å²) in [5, 5.41) is 6.11. The van der Waals surface area contributed by atoms with Gasteiger partial charge in [-0.25, -0.2) is 9.97 Å². The molecule has 0 spiro atoms. The first-order valence-electron chi connectivity index (χ1n) is 8.48. The van der Waals surface area contributed by atoms with Crippen LogP contribution in [0.25, 0.3) is 0 Å². The highest BCUT2D eigenvalue weighted by Gasteiger charge is 2.10. The zero-order valence-electron chi connectivity index (χ0n) is 15.4. The summed E-state index contributed by atoms with van der Waals surface area (Å²) in [5.74, 6) is 0.235. The average Bonchev–Trinajstić information content (AvgIpc) is 2.62. The number of rotatable bonds is 4. The summed E-state index contributed by atoms with van der Waals surface area (Å²) in [6.45, 7) is 8.06. The van der Waals surface area contributed by atoms with Crippen molar-refractivity contribution < 1.29 is 4.79 Å². The molecule has 1 heterocycles. The van der Waals surface area contributed by atoms with Gasteiger partial charge in [0.15, 0.2) is 0 Å². The molecule has 0 atom stereocenters. The van der Waals surface area contributed by atoms with Gasteiger partial charge in [-0.3, -0.25) is 4.79 Å². The number of aromatic nitrogens is 2. The molecule has 0 fully saturated rings. The standard InChI is InChI=1S/C21H22N4O/c1-13-8-9-15(3)19(10-13)25-21-22-11-17(12-23-21)20(26)24-18-7-5-6-14(2)16(18)4/h5-12H,1-4H3,(H,24,26)(H,22,23,25). The second kappa shape index (κ2) is 7.35. The van der Waals surface area contributed by atoms with E-state index in [1.54, 1.807) is 0 Å². The number of carbonyl (C=O) groups excluding carboxylic acids is 1. The van der Waals surface area contributed by atoms with Gasteiger partial charge in [0, 0.05) is 23.8 Å². The van der Waals surface area contributed by atoms with Crippen LogP contribution in [-0.4, -0.2) is 15.9 Å². The van der Waals surface area contributed by atoms with Gasteiger partial charge < -0.3 is 10.6 Å². The molecule has 5 nitrogen and oxygen atoms in total. The first-order chi connectivity index (χ1) is 12.4. The number of carbonyl (C=O) groups is 1. The van der Waals surface area contributed by atoms with Gasteiger partial charge in [0.1, 0.15) is 0 Å². The van der Waals surface area contributed by atoms with E-state index in [0.29, 0.717) is 11.5 Å². The van der Waals surface area contributed by atoms with E-state index in [0.717, 1.165) is 33.6 Å². The fourth-order valence-corrected chi connectivity index (χ4v) is 2.58. The minimum Gasteiger partial charge on any atom is -0.324 e. The lowest BCUT2D eigenvalue weighted by Crippen LogP contribution is -2.14. The topological polar surface area (TPSA) is 66.9 Å². The minimum atomic E-state index is -0.225. The van der Waals surface area contributed by atoms with Gasteiger partial charge in [0.2, 0.25) is 5.95 Å². The van der Waals surface area contributed by atoms with Gasteiger partial charge in [-0.1, -0.05) is 24.3 Å². The summed E-state index contributed by atoms with van der Waals surface area (Å²) in [5.41, 5.74) is 6.61. The van der Waals surface area contributed by atoms with Crippen LogP contribution in [0.5, 0.6) is 0 Å². The molecule has 1 aromatic heterocycles. The van der Waals surface area contributed by atoms with Crippen LogP contribution in [0.15, 0.2) is 48.8 Å². The number of benzene rings is 2. The van der Waals surface area contributed by atoms with Crippen LogP contribution in [0.2, 0.25) is 0 Å². The molecule has 0 aliphatic heterocycles. The largest absolute Gasteiger partial charge is 0.324 e. The Morgan fingerprint density at radius 2 is 1.62 bits per heavy atom. The smallest absolute Gasteiger partial charge is 0.258 e. The number of nitrogens with zero attached hydrogens (tertiary/aromatic N) is 2. The van der Waals surface area contributed by atoms with Gasteiger partial charge >= 0.3 is 0 Å². The molecule has 2 N–H and O–H groups in total. The van der Waals surface area contributed by atoms with Crippen molar-refractivity contribution in [1.29, 1.82) is 0 Å².